The summed E-state index contributed by atoms with van der Waals surface area (Å²) in [5, 5.41) is 0.367. The highest BCUT2D eigenvalue weighted by Gasteiger charge is 2.38. The molecule has 3 rings (SSSR count). The average molecular weight is 388 g/mol. The Kier molecular flexibility index (Phi) is 5.26. The molecule has 1 aromatic rings. The van der Waals surface area contributed by atoms with Gasteiger partial charge in [0.05, 0.1) is 18.8 Å². The Morgan fingerprint density at radius 1 is 1.24 bits per heavy atom. The van der Waals surface area contributed by atoms with Crippen LogP contribution in [-0.2, 0) is 19.6 Å². The standard InChI is InChI=1S/C15H18ClN3O5S/c16-12-3-2-6-17-15(12)24-11-9-18(10-11)25(22,23)8-7-19-13(20)4-1-5-14(19)21/h2-3,6,11H,1,4-5,7-10H2. The van der Waals surface area contributed by atoms with Gasteiger partial charge >= 0.3 is 0 Å². The number of likely N-dealkylation sites (tertiary alicyclic amines) is 1. The van der Waals surface area contributed by atoms with E-state index in [0.29, 0.717) is 11.4 Å². The molecule has 0 atom stereocenters. The Bertz CT molecular complexity index is 763. The van der Waals surface area contributed by atoms with Gasteiger partial charge in [0.2, 0.25) is 27.7 Å². The molecule has 2 saturated heterocycles. The van der Waals surface area contributed by atoms with E-state index in [1.165, 1.54) is 4.31 Å². The van der Waals surface area contributed by atoms with Gasteiger partial charge in [-0.1, -0.05) is 11.6 Å². The molecule has 3 heterocycles. The maximum Gasteiger partial charge on any atom is 0.232 e. The zero-order chi connectivity index (χ0) is 18.0. The lowest BCUT2D eigenvalue weighted by Crippen LogP contribution is -2.57. The van der Waals surface area contributed by atoms with Crippen molar-refractivity contribution in [1.82, 2.24) is 14.2 Å². The summed E-state index contributed by atoms with van der Waals surface area (Å²) in [6.45, 7) is 0.280. The van der Waals surface area contributed by atoms with Gasteiger partial charge in [0.15, 0.2) is 0 Å². The maximum atomic E-state index is 12.3. The van der Waals surface area contributed by atoms with E-state index in [9.17, 15) is 18.0 Å². The lowest BCUT2D eigenvalue weighted by molar-refractivity contribution is -0.147. The van der Waals surface area contributed by atoms with Crippen LogP contribution in [0.25, 0.3) is 0 Å². The van der Waals surface area contributed by atoms with Gasteiger partial charge in [-0.25, -0.2) is 13.4 Å². The molecule has 136 valence electrons. The number of ether oxygens (including phenoxy) is 1. The number of hydrogen-bond donors (Lipinski definition) is 0. The van der Waals surface area contributed by atoms with Gasteiger partial charge < -0.3 is 4.74 Å². The number of halogens is 1. The molecule has 2 amide bonds. The first-order valence-corrected chi connectivity index (χ1v) is 9.94. The Labute approximate surface area is 150 Å². The van der Waals surface area contributed by atoms with Crippen LogP contribution in [0.2, 0.25) is 5.02 Å². The molecule has 0 aliphatic carbocycles. The van der Waals surface area contributed by atoms with Crippen molar-refractivity contribution in [3.05, 3.63) is 23.4 Å². The molecule has 1 aromatic heterocycles. The number of aromatic nitrogens is 1. The SMILES string of the molecule is O=C1CCCC(=O)N1CCS(=O)(=O)N1CC(Oc2ncccc2Cl)C1. The number of hydrogen-bond acceptors (Lipinski definition) is 6. The van der Waals surface area contributed by atoms with E-state index >= 15 is 0 Å². The molecule has 0 spiro atoms. The third kappa shape index (κ3) is 4.10. The summed E-state index contributed by atoms with van der Waals surface area (Å²) in [6, 6.07) is 3.32. The first-order chi connectivity index (χ1) is 11.9. The normalized spacial score (nSPS) is 19.8. The van der Waals surface area contributed by atoms with Crippen molar-refractivity contribution in [2.75, 3.05) is 25.4 Å². The van der Waals surface area contributed by atoms with E-state index in [0.717, 1.165) is 4.90 Å². The molecule has 25 heavy (non-hydrogen) atoms. The predicted octanol–water partition coefficient (Wildman–Crippen LogP) is 0.667. The van der Waals surface area contributed by atoms with Crippen molar-refractivity contribution in [3.8, 4) is 5.88 Å². The van der Waals surface area contributed by atoms with Crippen molar-refractivity contribution in [2.45, 2.75) is 25.4 Å². The van der Waals surface area contributed by atoms with Crippen LogP contribution in [0.1, 0.15) is 19.3 Å². The summed E-state index contributed by atoms with van der Waals surface area (Å²) < 4.78 is 31.5. The fraction of sp³-hybridized carbons (Fsp3) is 0.533. The van der Waals surface area contributed by atoms with Gasteiger partial charge in [0, 0.05) is 25.6 Å². The summed E-state index contributed by atoms with van der Waals surface area (Å²) in [6.07, 6.45) is 2.33. The van der Waals surface area contributed by atoms with E-state index in [2.05, 4.69) is 4.98 Å². The Hall–Kier alpha value is -1.71. The Morgan fingerprint density at radius 3 is 2.56 bits per heavy atom. The van der Waals surface area contributed by atoms with Gasteiger partial charge in [0.25, 0.3) is 0 Å². The predicted molar refractivity (Wildman–Crippen MR) is 89.6 cm³/mol. The lowest BCUT2D eigenvalue weighted by Gasteiger charge is -2.38. The third-order valence-corrected chi connectivity index (χ3v) is 6.24. The smallest absolute Gasteiger partial charge is 0.232 e. The van der Waals surface area contributed by atoms with E-state index in [4.69, 9.17) is 16.3 Å². The molecular weight excluding hydrogens is 370 g/mol. The van der Waals surface area contributed by atoms with Gasteiger partial charge in [-0.15, -0.1) is 0 Å². The zero-order valence-electron chi connectivity index (χ0n) is 13.4. The van der Waals surface area contributed by atoms with Gasteiger partial charge in [-0.2, -0.15) is 4.31 Å². The topological polar surface area (TPSA) is 96.9 Å². The monoisotopic (exact) mass is 387 g/mol. The number of pyridine rings is 1. The molecule has 10 heteroatoms. The van der Waals surface area contributed by atoms with Crippen molar-refractivity contribution < 1.29 is 22.7 Å². The third-order valence-electron chi connectivity index (χ3n) is 4.17. The minimum atomic E-state index is -3.55. The van der Waals surface area contributed by atoms with Crippen LogP contribution in [0, 0.1) is 0 Å². The van der Waals surface area contributed by atoms with Gasteiger partial charge in [0.1, 0.15) is 11.1 Å². The van der Waals surface area contributed by atoms with Gasteiger partial charge in [-0.3, -0.25) is 14.5 Å². The number of nitrogens with zero attached hydrogens (tertiary/aromatic N) is 3. The molecule has 2 aliphatic heterocycles. The van der Waals surface area contributed by atoms with Crippen molar-refractivity contribution in [1.29, 1.82) is 0 Å². The fourth-order valence-corrected chi connectivity index (χ4v) is 4.33. The summed E-state index contributed by atoms with van der Waals surface area (Å²) in [4.78, 5) is 28.5. The first kappa shape index (κ1) is 18.1. The molecule has 0 saturated carbocycles. The van der Waals surface area contributed by atoms with Crippen LogP contribution in [0.15, 0.2) is 18.3 Å². The van der Waals surface area contributed by atoms with Crippen molar-refractivity contribution >= 4 is 33.4 Å². The second-order valence-electron chi connectivity index (χ2n) is 5.96. The zero-order valence-corrected chi connectivity index (χ0v) is 15.0. The highest BCUT2D eigenvalue weighted by molar-refractivity contribution is 7.89. The second-order valence-corrected chi connectivity index (χ2v) is 8.45. The molecule has 0 bridgehead atoms. The maximum absolute atomic E-state index is 12.3. The minimum absolute atomic E-state index is 0.103. The van der Waals surface area contributed by atoms with Crippen LogP contribution in [0.4, 0.5) is 0 Å². The summed E-state index contributed by atoms with van der Waals surface area (Å²) in [7, 11) is -3.55. The number of imide groups is 1. The quantitative estimate of drug-likeness (QED) is 0.665. The lowest BCUT2D eigenvalue weighted by atomic mass is 10.1. The molecule has 0 unspecified atom stereocenters. The van der Waals surface area contributed by atoms with Gasteiger partial charge in [-0.05, 0) is 18.6 Å². The largest absolute Gasteiger partial charge is 0.470 e. The van der Waals surface area contributed by atoms with Crippen LogP contribution >= 0.6 is 11.6 Å². The van der Waals surface area contributed by atoms with Crippen LogP contribution in [0.3, 0.4) is 0 Å². The van der Waals surface area contributed by atoms with E-state index < -0.39 is 10.0 Å². The number of piperidine rings is 1. The highest BCUT2D eigenvalue weighted by Crippen LogP contribution is 2.25. The van der Waals surface area contributed by atoms with Crippen LogP contribution in [0.5, 0.6) is 5.88 Å². The summed E-state index contributed by atoms with van der Waals surface area (Å²) in [5.41, 5.74) is 0. The van der Waals surface area contributed by atoms with E-state index in [-0.39, 0.29) is 62.0 Å². The Balaban J connectivity index is 1.50. The van der Waals surface area contributed by atoms with E-state index in [1.54, 1.807) is 18.3 Å². The molecule has 0 N–H and O–H groups in total. The number of carbonyl (C=O) groups excluding carboxylic acids is 2. The molecule has 2 aliphatic rings. The average Bonchev–Trinajstić information content (AvgIpc) is 2.51. The molecule has 2 fully saturated rings. The first-order valence-electron chi connectivity index (χ1n) is 7.95. The van der Waals surface area contributed by atoms with Crippen LogP contribution < -0.4 is 4.74 Å². The number of carbonyl (C=O) groups is 2. The number of rotatable bonds is 6. The second kappa shape index (κ2) is 7.27. The summed E-state index contributed by atoms with van der Waals surface area (Å²) in [5.74, 6) is -0.612. The number of sulfonamides is 1. The molecule has 0 aromatic carbocycles. The van der Waals surface area contributed by atoms with Crippen molar-refractivity contribution in [3.63, 3.8) is 0 Å². The fourth-order valence-electron chi connectivity index (χ4n) is 2.70. The molecule has 8 nitrogen and oxygen atoms in total. The summed E-state index contributed by atoms with van der Waals surface area (Å²) >= 11 is 5.95. The number of amides is 2. The Morgan fingerprint density at radius 2 is 1.92 bits per heavy atom. The molecule has 0 radical (unpaired) electrons. The highest BCUT2D eigenvalue weighted by atomic mass is 35.5. The minimum Gasteiger partial charge on any atom is -0.470 e. The molecular formula is C15H18ClN3O5S. The van der Waals surface area contributed by atoms with E-state index in [1.807, 2.05) is 0 Å². The van der Waals surface area contributed by atoms with Crippen LogP contribution in [-0.4, -0.2) is 65.9 Å². The van der Waals surface area contributed by atoms with Crippen molar-refractivity contribution in [2.24, 2.45) is 0 Å².